The number of aliphatic hydroxyl groups is 1. The van der Waals surface area contributed by atoms with Crippen molar-refractivity contribution < 1.29 is 9.50 Å². The van der Waals surface area contributed by atoms with Crippen LogP contribution in [0.2, 0.25) is 0 Å². The molecule has 1 aromatic carbocycles. The Kier molecular flexibility index (Phi) is 4.16. The summed E-state index contributed by atoms with van der Waals surface area (Å²) in [5, 5.41) is 10.4. The lowest BCUT2D eigenvalue weighted by atomic mass is 9.89. The van der Waals surface area contributed by atoms with Crippen molar-refractivity contribution in [3.8, 4) is 0 Å². The van der Waals surface area contributed by atoms with Gasteiger partial charge in [-0.3, -0.25) is 0 Å². The highest BCUT2D eigenvalue weighted by atomic mass is 19.1. The van der Waals surface area contributed by atoms with Crippen LogP contribution in [-0.4, -0.2) is 5.11 Å². The largest absolute Gasteiger partial charge is 0.388 e. The van der Waals surface area contributed by atoms with Gasteiger partial charge in [0.15, 0.2) is 0 Å². The predicted octanol–water partition coefficient (Wildman–Crippen LogP) is 4.14. The Balaban J connectivity index is 2.14. The van der Waals surface area contributed by atoms with E-state index < -0.39 is 6.10 Å². The van der Waals surface area contributed by atoms with Gasteiger partial charge in [-0.1, -0.05) is 31.7 Å². The highest BCUT2D eigenvalue weighted by molar-refractivity contribution is 5.25. The van der Waals surface area contributed by atoms with Crippen molar-refractivity contribution in [3.63, 3.8) is 0 Å². The van der Waals surface area contributed by atoms with E-state index in [9.17, 15) is 9.50 Å². The van der Waals surface area contributed by atoms with Crippen molar-refractivity contribution in [2.24, 2.45) is 5.92 Å². The van der Waals surface area contributed by atoms with Crippen LogP contribution in [0.3, 0.4) is 0 Å². The van der Waals surface area contributed by atoms with E-state index in [2.05, 4.69) is 0 Å². The Bertz CT molecular complexity index is 347. The van der Waals surface area contributed by atoms with Crippen molar-refractivity contribution in [3.05, 3.63) is 35.1 Å². The smallest absolute Gasteiger partial charge is 0.123 e. The zero-order chi connectivity index (χ0) is 12.3. The molecule has 17 heavy (non-hydrogen) atoms. The van der Waals surface area contributed by atoms with Crippen LogP contribution in [-0.2, 0) is 0 Å². The van der Waals surface area contributed by atoms with Gasteiger partial charge in [-0.2, -0.15) is 0 Å². The third-order valence-electron chi connectivity index (χ3n) is 3.75. The van der Waals surface area contributed by atoms with Gasteiger partial charge in [0.05, 0.1) is 6.10 Å². The molecule has 0 aliphatic heterocycles. The van der Waals surface area contributed by atoms with Gasteiger partial charge in [-0.25, -0.2) is 4.39 Å². The maximum atomic E-state index is 13.3. The number of rotatable bonds is 2. The summed E-state index contributed by atoms with van der Waals surface area (Å²) >= 11 is 0. The van der Waals surface area contributed by atoms with E-state index in [1.54, 1.807) is 0 Å². The summed E-state index contributed by atoms with van der Waals surface area (Å²) < 4.78 is 13.3. The summed E-state index contributed by atoms with van der Waals surface area (Å²) in [7, 11) is 0. The predicted molar refractivity (Wildman–Crippen MR) is 67.3 cm³/mol. The molecule has 2 rings (SSSR count). The molecule has 1 nitrogen and oxygen atoms in total. The molecule has 1 aromatic rings. The lowest BCUT2D eigenvalue weighted by Crippen LogP contribution is -2.12. The Labute approximate surface area is 103 Å². The second-order valence-corrected chi connectivity index (χ2v) is 5.26. The maximum absolute atomic E-state index is 13.3. The molecule has 0 heterocycles. The topological polar surface area (TPSA) is 20.2 Å². The van der Waals surface area contributed by atoms with Gasteiger partial charge in [0.25, 0.3) is 0 Å². The first-order valence-corrected chi connectivity index (χ1v) is 6.62. The summed E-state index contributed by atoms with van der Waals surface area (Å²) in [6.07, 6.45) is 6.55. The summed E-state index contributed by atoms with van der Waals surface area (Å²) in [5.74, 6) is 0.0615. The molecule has 0 aromatic heterocycles. The lowest BCUT2D eigenvalue weighted by Gasteiger charge is -2.22. The van der Waals surface area contributed by atoms with Crippen LogP contribution in [0, 0.1) is 18.7 Å². The summed E-state index contributed by atoms with van der Waals surface area (Å²) in [4.78, 5) is 0. The molecule has 1 fully saturated rings. The molecule has 0 amide bonds. The highest BCUT2D eigenvalue weighted by Gasteiger charge is 2.22. The van der Waals surface area contributed by atoms with Crippen LogP contribution in [0.1, 0.15) is 55.8 Å². The second kappa shape index (κ2) is 5.63. The minimum Gasteiger partial charge on any atom is -0.388 e. The minimum absolute atomic E-state index is 0.243. The number of aliphatic hydroxyl groups excluding tert-OH is 1. The lowest BCUT2D eigenvalue weighted by molar-refractivity contribution is 0.0984. The molecule has 0 spiro atoms. The molecule has 1 saturated carbocycles. The monoisotopic (exact) mass is 236 g/mol. The van der Waals surface area contributed by atoms with E-state index in [-0.39, 0.29) is 5.82 Å². The Morgan fingerprint density at radius 3 is 2.35 bits per heavy atom. The zero-order valence-corrected chi connectivity index (χ0v) is 10.5. The summed E-state index contributed by atoms with van der Waals surface area (Å²) in [6, 6.07) is 4.88. The summed E-state index contributed by atoms with van der Waals surface area (Å²) in [5.41, 5.74) is 1.63. The quantitative estimate of drug-likeness (QED) is 0.765. The Hall–Kier alpha value is -0.890. The normalized spacial score (nSPS) is 19.9. The highest BCUT2D eigenvalue weighted by Crippen LogP contribution is 2.33. The van der Waals surface area contributed by atoms with Crippen molar-refractivity contribution in [2.75, 3.05) is 0 Å². The van der Waals surface area contributed by atoms with Crippen molar-refractivity contribution in [2.45, 2.75) is 51.6 Å². The molecule has 1 unspecified atom stereocenters. The van der Waals surface area contributed by atoms with Crippen molar-refractivity contribution in [1.29, 1.82) is 0 Å². The van der Waals surface area contributed by atoms with Crippen molar-refractivity contribution >= 4 is 0 Å². The molecular weight excluding hydrogens is 215 g/mol. The Morgan fingerprint density at radius 1 is 1.12 bits per heavy atom. The van der Waals surface area contributed by atoms with Gasteiger partial charge < -0.3 is 5.11 Å². The Morgan fingerprint density at radius 2 is 1.76 bits per heavy atom. The zero-order valence-electron chi connectivity index (χ0n) is 10.5. The first kappa shape index (κ1) is 12.6. The second-order valence-electron chi connectivity index (χ2n) is 5.26. The first-order valence-electron chi connectivity index (χ1n) is 6.62. The SMILES string of the molecule is Cc1cc(F)cc(C(O)C2CCCCCC2)c1. The molecule has 1 aliphatic carbocycles. The molecule has 1 N–H and O–H groups in total. The van der Waals surface area contributed by atoms with Crippen LogP contribution in [0.15, 0.2) is 18.2 Å². The van der Waals surface area contributed by atoms with E-state index in [4.69, 9.17) is 0 Å². The third kappa shape index (κ3) is 3.29. The van der Waals surface area contributed by atoms with E-state index in [1.807, 2.05) is 13.0 Å². The van der Waals surface area contributed by atoms with Crippen LogP contribution in [0.25, 0.3) is 0 Å². The van der Waals surface area contributed by atoms with Crippen molar-refractivity contribution in [1.82, 2.24) is 0 Å². The number of aryl methyl sites for hydroxylation is 1. The molecule has 1 atom stereocenters. The van der Waals surface area contributed by atoms with Gasteiger partial charge in [0.2, 0.25) is 0 Å². The van der Waals surface area contributed by atoms with Gasteiger partial charge in [0, 0.05) is 0 Å². The molecule has 94 valence electrons. The van der Waals surface area contributed by atoms with E-state index >= 15 is 0 Å². The number of hydrogen-bond acceptors (Lipinski definition) is 1. The molecule has 2 heteroatoms. The average molecular weight is 236 g/mol. The van der Waals surface area contributed by atoms with Gasteiger partial charge in [-0.05, 0) is 48.9 Å². The van der Waals surface area contributed by atoms with E-state index in [1.165, 1.54) is 37.8 Å². The number of benzene rings is 1. The van der Waals surface area contributed by atoms with Crippen LogP contribution in [0.4, 0.5) is 4.39 Å². The maximum Gasteiger partial charge on any atom is 0.123 e. The van der Waals surface area contributed by atoms with Crippen LogP contribution in [0.5, 0.6) is 0 Å². The first-order chi connectivity index (χ1) is 8.16. The fraction of sp³-hybridized carbons (Fsp3) is 0.600. The van der Waals surface area contributed by atoms with Crippen LogP contribution >= 0.6 is 0 Å². The standard InChI is InChI=1S/C15H21FO/c1-11-8-13(10-14(16)9-11)15(17)12-6-4-2-3-5-7-12/h8-10,12,15,17H,2-7H2,1H3. The van der Waals surface area contributed by atoms with Gasteiger partial charge in [0.1, 0.15) is 5.82 Å². The fourth-order valence-corrected chi connectivity index (χ4v) is 2.83. The van der Waals surface area contributed by atoms with Gasteiger partial charge in [-0.15, -0.1) is 0 Å². The average Bonchev–Trinajstić information content (AvgIpc) is 2.55. The summed E-state index contributed by atoms with van der Waals surface area (Å²) in [6.45, 7) is 1.87. The van der Waals surface area contributed by atoms with E-state index in [0.29, 0.717) is 5.92 Å². The van der Waals surface area contributed by atoms with E-state index in [0.717, 1.165) is 24.0 Å². The fourth-order valence-electron chi connectivity index (χ4n) is 2.83. The third-order valence-corrected chi connectivity index (χ3v) is 3.75. The molecule has 0 bridgehead atoms. The van der Waals surface area contributed by atoms with Gasteiger partial charge >= 0.3 is 0 Å². The molecular formula is C15H21FO. The number of hydrogen-bond donors (Lipinski definition) is 1. The number of halogens is 1. The molecule has 0 saturated heterocycles. The van der Waals surface area contributed by atoms with Crippen LogP contribution < -0.4 is 0 Å². The minimum atomic E-state index is -0.498. The molecule has 0 radical (unpaired) electrons. The molecule has 1 aliphatic rings.